The molecule has 0 atom stereocenters. The van der Waals surface area contributed by atoms with Crippen molar-refractivity contribution in [2.45, 2.75) is 37.3 Å². The first kappa shape index (κ1) is 12.4. The van der Waals surface area contributed by atoms with E-state index in [0.717, 1.165) is 25.7 Å². The van der Waals surface area contributed by atoms with Gasteiger partial charge in [-0.15, -0.1) is 0 Å². The van der Waals surface area contributed by atoms with Crippen molar-refractivity contribution in [1.29, 1.82) is 0 Å². The zero-order valence-electron chi connectivity index (χ0n) is 10.8. The molecule has 2 bridgehead atoms. The van der Waals surface area contributed by atoms with Crippen LogP contribution in [0.5, 0.6) is 0 Å². The van der Waals surface area contributed by atoms with Crippen LogP contribution in [0.3, 0.4) is 0 Å². The van der Waals surface area contributed by atoms with Crippen molar-refractivity contribution in [2.24, 2.45) is 5.73 Å². The van der Waals surface area contributed by atoms with Gasteiger partial charge in [-0.25, -0.2) is 0 Å². The molecule has 3 rings (SSSR count). The topological polar surface area (TPSA) is 63.4 Å². The molecule has 2 N–H and O–H groups in total. The Bertz CT molecular complexity index is 504. The van der Waals surface area contributed by atoms with Crippen molar-refractivity contribution in [2.75, 3.05) is 6.54 Å². The molecule has 1 aromatic carbocycles. The van der Waals surface area contributed by atoms with Crippen molar-refractivity contribution in [3.05, 3.63) is 35.9 Å². The lowest BCUT2D eigenvalue weighted by molar-refractivity contribution is -0.127. The van der Waals surface area contributed by atoms with E-state index in [0.29, 0.717) is 18.2 Å². The van der Waals surface area contributed by atoms with E-state index in [1.807, 2.05) is 35.2 Å². The lowest BCUT2D eigenvalue weighted by Gasteiger charge is -2.31. The monoisotopic (exact) mass is 258 g/mol. The average Bonchev–Trinajstić information content (AvgIpc) is 2.96. The van der Waals surface area contributed by atoms with Crippen molar-refractivity contribution in [1.82, 2.24) is 4.90 Å². The van der Waals surface area contributed by atoms with Gasteiger partial charge >= 0.3 is 0 Å². The number of primary amides is 1. The van der Waals surface area contributed by atoms with E-state index in [9.17, 15) is 9.59 Å². The van der Waals surface area contributed by atoms with Crippen molar-refractivity contribution in [3.8, 4) is 0 Å². The fourth-order valence-corrected chi connectivity index (χ4v) is 3.57. The van der Waals surface area contributed by atoms with E-state index in [2.05, 4.69) is 0 Å². The number of Topliss-reactive ketones (excluding diaryl/α,β-unsaturated/α-hetero) is 1. The summed E-state index contributed by atoms with van der Waals surface area (Å²) in [5.41, 5.74) is 5.72. The lowest BCUT2D eigenvalue weighted by Crippen LogP contribution is -2.52. The third-order valence-corrected chi connectivity index (χ3v) is 4.64. The number of benzene rings is 1. The van der Waals surface area contributed by atoms with Gasteiger partial charge in [0.2, 0.25) is 5.91 Å². The number of nitrogens with two attached hydrogens (primary N) is 1. The molecule has 0 spiro atoms. The van der Waals surface area contributed by atoms with Crippen LogP contribution in [0.15, 0.2) is 30.3 Å². The van der Waals surface area contributed by atoms with Crippen molar-refractivity contribution < 1.29 is 9.59 Å². The standard InChI is InChI=1S/C15H18N2O2/c16-14(19)15-8-6-12(7-9-15)17(15)10-13(18)11-4-2-1-3-5-11/h1-5,12H,6-10H2,(H2,16,19). The smallest absolute Gasteiger partial charge is 0.237 e. The predicted octanol–water partition coefficient (Wildman–Crippen LogP) is 1.35. The molecule has 0 aliphatic carbocycles. The van der Waals surface area contributed by atoms with Gasteiger partial charge in [0.1, 0.15) is 5.54 Å². The quantitative estimate of drug-likeness (QED) is 0.829. The number of hydrogen-bond donors (Lipinski definition) is 1. The summed E-state index contributed by atoms with van der Waals surface area (Å²) < 4.78 is 0. The molecule has 4 nitrogen and oxygen atoms in total. The van der Waals surface area contributed by atoms with E-state index in [1.54, 1.807) is 0 Å². The summed E-state index contributed by atoms with van der Waals surface area (Å²) in [7, 11) is 0. The number of amides is 1. The van der Waals surface area contributed by atoms with Gasteiger partial charge in [-0.1, -0.05) is 30.3 Å². The molecule has 1 amide bonds. The largest absolute Gasteiger partial charge is 0.368 e. The molecule has 1 aromatic rings. The van der Waals surface area contributed by atoms with Crippen molar-refractivity contribution in [3.63, 3.8) is 0 Å². The molecule has 0 saturated carbocycles. The van der Waals surface area contributed by atoms with Gasteiger partial charge in [0.25, 0.3) is 0 Å². The third kappa shape index (κ3) is 1.87. The maximum atomic E-state index is 12.3. The Morgan fingerprint density at radius 2 is 1.84 bits per heavy atom. The molecular weight excluding hydrogens is 240 g/mol. The summed E-state index contributed by atoms with van der Waals surface area (Å²) in [6, 6.07) is 9.58. The van der Waals surface area contributed by atoms with Crippen LogP contribution in [0.2, 0.25) is 0 Å². The highest BCUT2D eigenvalue weighted by Crippen LogP contribution is 2.46. The summed E-state index contributed by atoms with van der Waals surface area (Å²) in [5.74, 6) is -0.201. The minimum Gasteiger partial charge on any atom is -0.368 e. The maximum Gasteiger partial charge on any atom is 0.237 e. The molecule has 0 unspecified atom stereocenters. The van der Waals surface area contributed by atoms with E-state index in [-0.39, 0.29) is 11.7 Å². The first-order valence-corrected chi connectivity index (χ1v) is 6.78. The van der Waals surface area contributed by atoms with E-state index in [4.69, 9.17) is 5.73 Å². The Hall–Kier alpha value is -1.68. The lowest BCUT2D eigenvalue weighted by atomic mass is 9.87. The minimum atomic E-state index is -0.560. The minimum absolute atomic E-state index is 0.0695. The Labute approximate surface area is 112 Å². The van der Waals surface area contributed by atoms with Gasteiger partial charge in [0, 0.05) is 11.6 Å². The first-order valence-electron chi connectivity index (χ1n) is 6.78. The Kier molecular flexibility index (Phi) is 2.90. The summed E-state index contributed by atoms with van der Waals surface area (Å²) in [4.78, 5) is 26.1. The number of rotatable bonds is 4. The zero-order valence-corrected chi connectivity index (χ0v) is 10.8. The highest BCUT2D eigenvalue weighted by molar-refractivity contribution is 5.98. The number of hydrogen-bond acceptors (Lipinski definition) is 3. The second-order valence-corrected chi connectivity index (χ2v) is 5.54. The van der Waals surface area contributed by atoms with Gasteiger partial charge in [0.15, 0.2) is 5.78 Å². The molecule has 2 heterocycles. The number of nitrogens with zero attached hydrogens (tertiary/aromatic N) is 1. The molecular formula is C15H18N2O2. The van der Waals surface area contributed by atoms with E-state index >= 15 is 0 Å². The zero-order chi connectivity index (χ0) is 13.5. The number of fused-ring (bicyclic) bond motifs is 2. The second-order valence-electron chi connectivity index (χ2n) is 5.54. The predicted molar refractivity (Wildman–Crippen MR) is 71.7 cm³/mol. The molecule has 4 heteroatoms. The molecule has 19 heavy (non-hydrogen) atoms. The first-order chi connectivity index (χ1) is 9.13. The molecule has 2 saturated heterocycles. The van der Waals surface area contributed by atoms with Crippen LogP contribution in [-0.2, 0) is 4.79 Å². The van der Waals surface area contributed by atoms with Crippen LogP contribution in [0.1, 0.15) is 36.0 Å². The van der Waals surface area contributed by atoms with Crippen LogP contribution in [-0.4, -0.2) is 34.7 Å². The Morgan fingerprint density at radius 3 is 2.42 bits per heavy atom. The summed E-state index contributed by atoms with van der Waals surface area (Å²) >= 11 is 0. The van der Waals surface area contributed by atoms with Gasteiger partial charge in [-0.3, -0.25) is 14.5 Å². The van der Waals surface area contributed by atoms with Gasteiger partial charge < -0.3 is 5.73 Å². The molecule has 2 fully saturated rings. The highest BCUT2D eigenvalue weighted by Gasteiger charge is 2.55. The van der Waals surface area contributed by atoms with Crippen LogP contribution >= 0.6 is 0 Å². The molecule has 0 aromatic heterocycles. The van der Waals surface area contributed by atoms with Crippen LogP contribution in [0.25, 0.3) is 0 Å². The molecule has 2 aliphatic rings. The van der Waals surface area contributed by atoms with Gasteiger partial charge in [-0.05, 0) is 25.7 Å². The average molecular weight is 258 g/mol. The third-order valence-electron chi connectivity index (χ3n) is 4.64. The van der Waals surface area contributed by atoms with E-state index < -0.39 is 5.54 Å². The molecule has 100 valence electrons. The second kappa shape index (κ2) is 4.46. The fourth-order valence-electron chi connectivity index (χ4n) is 3.57. The normalized spacial score (nSPS) is 29.6. The summed E-state index contributed by atoms with van der Waals surface area (Å²) in [6.07, 6.45) is 3.56. The Morgan fingerprint density at radius 1 is 1.21 bits per heavy atom. The number of carbonyl (C=O) groups excluding carboxylic acids is 2. The van der Waals surface area contributed by atoms with Crippen LogP contribution in [0.4, 0.5) is 0 Å². The summed E-state index contributed by atoms with van der Waals surface area (Å²) in [6.45, 7) is 0.303. The number of carbonyl (C=O) groups is 2. The van der Waals surface area contributed by atoms with Crippen molar-refractivity contribution >= 4 is 11.7 Å². The van der Waals surface area contributed by atoms with E-state index in [1.165, 1.54) is 0 Å². The molecule has 0 radical (unpaired) electrons. The SMILES string of the molecule is NC(=O)C12CCC(CC1)N2CC(=O)c1ccccc1. The Balaban J connectivity index is 1.80. The fraction of sp³-hybridized carbons (Fsp3) is 0.467. The summed E-state index contributed by atoms with van der Waals surface area (Å²) in [5, 5.41) is 0. The van der Waals surface area contributed by atoms with Gasteiger partial charge in [-0.2, -0.15) is 0 Å². The number of ketones is 1. The van der Waals surface area contributed by atoms with Crippen LogP contribution in [0, 0.1) is 0 Å². The van der Waals surface area contributed by atoms with Gasteiger partial charge in [0.05, 0.1) is 6.54 Å². The molecule has 2 aliphatic heterocycles. The van der Waals surface area contributed by atoms with Crippen LogP contribution < -0.4 is 5.73 Å². The maximum absolute atomic E-state index is 12.3. The highest BCUT2D eigenvalue weighted by atomic mass is 16.2.